The van der Waals surface area contributed by atoms with E-state index in [0.29, 0.717) is 0 Å². The van der Waals surface area contributed by atoms with E-state index in [1.54, 1.807) is 0 Å². The monoisotopic (exact) mass is 177 g/mol. The van der Waals surface area contributed by atoms with E-state index in [1.807, 2.05) is 5.32 Å². The van der Waals surface area contributed by atoms with Gasteiger partial charge in [-0.15, -0.1) is 11.6 Å². The first kappa shape index (κ1) is 9.97. The van der Waals surface area contributed by atoms with Crippen molar-refractivity contribution in [2.45, 2.75) is 12.3 Å². The molecule has 0 saturated heterocycles. The lowest BCUT2D eigenvalue weighted by Crippen LogP contribution is -2.31. The highest BCUT2D eigenvalue weighted by atomic mass is 35.5. The number of amides is 1. The number of hydrogen-bond donors (Lipinski definition) is 2. The minimum absolute atomic E-state index is 0.373. The van der Waals surface area contributed by atoms with Gasteiger partial charge >= 0.3 is 5.97 Å². The molecule has 0 radical (unpaired) electrons. The molecule has 1 amide bonds. The van der Waals surface area contributed by atoms with Gasteiger partial charge in [-0.25, -0.2) is 4.79 Å². The van der Waals surface area contributed by atoms with Crippen LogP contribution in [-0.2, 0) is 9.59 Å². The summed E-state index contributed by atoms with van der Waals surface area (Å²) < 4.78 is 0. The van der Waals surface area contributed by atoms with E-state index in [2.05, 4.69) is 6.58 Å². The Balaban J connectivity index is 3.96. The summed E-state index contributed by atoms with van der Waals surface area (Å²) in [5.74, 6) is -1.84. The number of carbonyl (C=O) groups excluding carboxylic acids is 1. The number of rotatable bonds is 3. The molecule has 0 aromatic heterocycles. The van der Waals surface area contributed by atoms with Gasteiger partial charge in [0.2, 0.25) is 5.91 Å². The molecule has 0 aliphatic heterocycles. The molecular formula is C6H8ClNO3. The van der Waals surface area contributed by atoms with Crippen molar-refractivity contribution in [3.8, 4) is 0 Å². The molecule has 0 aliphatic carbocycles. The summed E-state index contributed by atoms with van der Waals surface area (Å²) in [6, 6.07) is 0. The topological polar surface area (TPSA) is 66.4 Å². The number of hydrogen-bond acceptors (Lipinski definition) is 2. The molecular weight excluding hydrogens is 170 g/mol. The van der Waals surface area contributed by atoms with Crippen molar-refractivity contribution in [2.24, 2.45) is 0 Å². The average molecular weight is 178 g/mol. The molecule has 5 heteroatoms. The van der Waals surface area contributed by atoms with Gasteiger partial charge in [-0.1, -0.05) is 6.58 Å². The maximum atomic E-state index is 10.7. The molecule has 0 spiro atoms. The van der Waals surface area contributed by atoms with Crippen molar-refractivity contribution in [3.63, 3.8) is 0 Å². The number of alkyl halides is 1. The van der Waals surface area contributed by atoms with Gasteiger partial charge in [-0.3, -0.25) is 4.79 Å². The van der Waals surface area contributed by atoms with E-state index in [0.717, 1.165) is 0 Å². The highest BCUT2D eigenvalue weighted by Crippen LogP contribution is 1.94. The zero-order valence-corrected chi connectivity index (χ0v) is 6.68. The first-order valence-electron chi connectivity index (χ1n) is 2.82. The van der Waals surface area contributed by atoms with Crippen LogP contribution in [0.4, 0.5) is 0 Å². The molecule has 1 unspecified atom stereocenters. The van der Waals surface area contributed by atoms with Crippen molar-refractivity contribution in [1.82, 2.24) is 5.32 Å². The van der Waals surface area contributed by atoms with Crippen LogP contribution in [0.5, 0.6) is 0 Å². The third kappa shape index (κ3) is 3.62. The van der Waals surface area contributed by atoms with Gasteiger partial charge < -0.3 is 10.4 Å². The molecule has 0 aromatic rings. The van der Waals surface area contributed by atoms with Crippen LogP contribution in [0.3, 0.4) is 0 Å². The Hall–Kier alpha value is -1.03. The van der Waals surface area contributed by atoms with Gasteiger partial charge in [0, 0.05) is 0 Å². The van der Waals surface area contributed by atoms with Crippen LogP contribution in [0.1, 0.15) is 6.92 Å². The smallest absolute Gasteiger partial charge is 0.351 e. The van der Waals surface area contributed by atoms with E-state index in [-0.39, 0.29) is 5.70 Å². The van der Waals surface area contributed by atoms with Crippen LogP contribution >= 0.6 is 11.6 Å². The maximum absolute atomic E-state index is 10.7. The van der Waals surface area contributed by atoms with Gasteiger partial charge in [-0.05, 0) is 6.92 Å². The summed E-state index contributed by atoms with van der Waals surface area (Å²) in [6.07, 6.45) is 0. The summed E-state index contributed by atoms with van der Waals surface area (Å²) in [6.45, 7) is 4.52. The van der Waals surface area contributed by atoms with Crippen LogP contribution in [0.15, 0.2) is 12.3 Å². The molecule has 11 heavy (non-hydrogen) atoms. The van der Waals surface area contributed by atoms with Crippen LogP contribution in [0, 0.1) is 0 Å². The number of aliphatic carboxylic acids is 1. The number of nitrogens with one attached hydrogen (secondary N) is 1. The number of halogens is 1. The van der Waals surface area contributed by atoms with Crippen LogP contribution in [0.2, 0.25) is 0 Å². The molecule has 0 fully saturated rings. The molecule has 4 nitrogen and oxygen atoms in total. The van der Waals surface area contributed by atoms with E-state index >= 15 is 0 Å². The summed E-state index contributed by atoms with van der Waals surface area (Å²) in [7, 11) is 0. The Morgan fingerprint density at radius 1 is 1.64 bits per heavy atom. The first-order valence-corrected chi connectivity index (χ1v) is 3.26. The Morgan fingerprint density at radius 2 is 2.09 bits per heavy atom. The van der Waals surface area contributed by atoms with Crippen molar-refractivity contribution in [1.29, 1.82) is 0 Å². The van der Waals surface area contributed by atoms with Crippen molar-refractivity contribution < 1.29 is 14.7 Å². The molecule has 0 saturated carbocycles. The van der Waals surface area contributed by atoms with Crippen LogP contribution in [-0.4, -0.2) is 22.4 Å². The lowest BCUT2D eigenvalue weighted by molar-refractivity contribution is -0.134. The molecule has 62 valence electrons. The van der Waals surface area contributed by atoms with E-state index in [1.165, 1.54) is 6.92 Å². The third-order valence-corrected chi connectivity index (χ3v) is 1.09. The molecule has 0 bridgehead atoms. The molecule has 0 heterocycles. The Kier molecular flexibility index (Phi) is 3.60. The first-order chi connectivity index (χ1) is 4.95. The summed E-state index contributed by atoms with van der Waals surface area (Å²) in [5, 5.41) is 9.51. The molecule has 0 aliphatic rings. The van der Waals surface area contributed by atoms with Gasteiger partial charge in [0.1, 0.15) is 11.1 Å². The summed E-state index contributed by atoms with van der Waals surface area (Å²) in [5.41, 5.74) is -0.373. The van der Waals surface area contributed by atoms with E-state index in [4.69, 9.17) is 16.7 Å². The molecule has 2 N–H and O–H groups in total. The predicted octanol–water partition coefficient (Wildman–Crippen LogP) is 0.328. The van der Waals surface area contributed by atoms with Crippen molar-refractivity contribution >= 4 is 23.5 Å². The SMILES string of the molecule is C=C(NC(=O)C(C)Cl)C(=O)O. The highest BCUT2D eigenvalue weighted by molar-refractivity contribution is 6.30. The van der Waals surface area contributed by atoms with Gasteiger partial charge in [0.15, 0.2) is 0 Å². The van der Waals surface area contributed by atoms with E-state index < -0.39 is 17.3 Å². The Bertz CT molecular complexity index is 200. The highest BCUT2D eigenvalue weighted by Gasteiger charge is 2.12. The third-order valence-electron chi connectivity index (χ3n) is 0.894. The number of carboxylic acids is 1. The second-order valence-electron chi connectivity index (χ2n) is 1.89. The quantitative estimate of drug-likeness (QED) is 0.482. The predicted molar refractivity (Wildman–Crippen MR) is 40.2 cm³/mol. The van der Waals surface area contributed by atoms with Crippen LogP contribution in [0.25, 0.3) is 0 Å². The molecule has 0 rings (SSSR count). The maximum Gasteiger partial charge on any atom is 0.351 e. The second-order valence-corrected chi connectivity index (χ2v) is 2.54. The van der Waals surface area contributed by atoms with Gasteiger partial charge in [0.05, 0.1) is 0 Å². The van der Waals surface area contributed by atoms with E-state index in [9.17, 15) is 9.59 Å². The van der Waals surface area contributed by atoms with Crippen molar-refractivity contribution in [3.05, 3.63) is 12.3 Å². The number of carboxylic acid groups (broad SMARTS) is 1. The Morgan fingerprint density at radius 3 is 2.36 bits per heavy atom. The number of carbonyl (C=O) groups is 2. The normalized spacial score (nSPS) is 11.8. The van der Waals surface area contributed by atoms with Gasteiger partial charge in [-0.2, -0.15) is 0 Å². The minimum atomic E-state index is -1.27. The minimum Gasteiger partial charge on any atom is -0.477 e. The molecule has 1 atom stereocenters. The largest absolute Gasteiger partial charge is 0.477 e. The van der Waals surface area contributed by atoms with Gasteiger partial charge in [0.25, 0.3) is 0 Å². The zero-order valence-electron chi connectivity index (χ0n) is 5.93. The summed E-state index contributed by atoms with van der Waals surface area (Å²) in [4.78, 5) is 20.8. The Labute approximate surface area is 68.8 Å². The fourth-order valence-electron chi connectivity index (χ4n) is 0.302. The van der Waals surface area contributed by atoms with Crippen LogP contribution < -0.4 is 5.32 Å². The average Bonchev–Trinajstić information content (AvgIpc) is 1.87. The lowest BCUT2D eigenvalue weighted by Gasteiger charge is -2.04. The molecule has 0 aromatic carbocycles. The summed E-state index contributed by atoms with van der Waals surface area (Å²) >= 11 is 5.33. The fraction of sp³-hybridized carbons (Fsp3) is 0.333. The standard InChI is InChI=1S/C6H8ClNO3/c1-3(7)5(9)8-4(2)6(10)11/h3H,2H2,1H3,(H,8,9)(H,10,11). The van der Waals surface area contributed by atoms with Crippen molar-refractivity contribution in [2.75, 3.05) is 0 Å². The zero-order chi connectivity index (χ0) is 9.02. The fourth-order valence-corrected chi connectivity index (χ4v) is 0.356. The second kappa shape index (κ2) is 3.98. The lowest BCUT2D eigenvalue weighted by atomic mass is 10.4.